The molecular weight excluding hydrogens is 347 g/mol. The van der Waals surface area contributed by atoms with E-state index in [4.69, 9.17) is 4.42 Å². The minimum Gasteiger partial charge on any atom is -0.456 e. The quantitative estimate of drug-likeness (QED) is 0.835. The molecule has 5 nitrogen and oxygen atoms in total. The van der Waals surface area contributed by atoms with Crippen LogP contribution in [-0.4, -0.2) is 55.7 Å². The third kappa shape index (κ3) is 5.12. The van der Waals surface area contributed by atoms with Crippen LogP contribution in [-0.2, 0) is 6.42 Å². The molecule has 0 spiro atoms. The zero-order valence-electron chi connectivity index (χ0n) is 13.7. The van der Waals surface area contributed by atoms with Gasteiger partial charge in [-0.25, -0.2) is 0 Å². The number of nitrogens with zero attached hydrogens (tertiary/aromatic N) is 1. The predicted octanol–water partition coefficient (Wildman–Crippen LogP) is 2.14. The van der Waals surface area contributed by atoms with E-state index >= 15 is 0 Å². The van der Waals surface area contributed by atoms with Crippen molar-refractivity contribution in [2.75, 3.05) is 32.7 Å². The average molecular weight is 370 g/mol. The van der Waals surface area contributed by atoms with E-state index in [9.17, 15) is 18.0 Å². The van der Waals surface area contributed by atoms with Crippen LogP contribution in [0.1, 0.15) is 28.8 Å². The molecule has 1 aromatic heterocycles. The van der Waals surface area contributed by atoms with Gasteiger partial charge in [0, 0.05) is 39.1 Å². The van der Waals surface area contributed by atoms with Crippen molar-refractivity contribution in [2.45, 2.75) is 32.5 Å². The summed E-state index contributed by atoms with van der Waals surface area (Å²) in [7, 11) is 0. The van der Waals surface area contributed by atoms with Crippen LogP contribution < -0.4 is 10.6 Å². The van der Waals surface area contributed by atoms with Gasteiger partial charge in [0.1, 0.15) is 11.8 Å². The highest BCUT2D eigenvalue weighted by molar-refractivity contribution is 5.91. The number of carbonyl (C=O) groups excluding carboxylic acids is 1. The van der Waals surface area contributed by atoms with Crippen molar-refractivity contribution >= 4 is 18.3 Å². The first-order valence-corrected chi connectivity index (χ1v) is 7.72. The van der Waals surface area contributed by atoms with Crippen LogP contribution in [0.25, 0.3) is 0 Å². The summed E-state index contributed by atoms with van der Waals surface area (Å²) in [5, 5.41) is 5.37. The van der Waals surface area contributed by atoms with Crippen LogP contribution >= 0.6 is 12.4 Å². The topological polar surface area (TPSA) is 57.5 Å². The van der Waals surface area contributed by atoms with Gasteiger partial charge < -0.3 is 15.1 Å². The van der Waals surface area contributed by atoms with Gasteiger partial charge in [-0.3, -0.25) is 9.69 Å². The first kappa shape index (κ1) is 20.8. The molecule has 2 N–H and O–H groups in total. The van der Waals surface area contributed by atoms with Crippen LogP contribution in [0, 0.1) is 6.92 Å². The standard InChI is InChI=1S/C15H22F3N3O2.ClH/c1-3-11-10(2)8-12(23-11)14(22)20-9-13(15(16,17)18)21-6-4-19-5-7-21;/h8,13,19H,3-7,9H2,1-2H3,(H,20,22);1H. The van der Waals surface area contributed by atoms with Crippen LogP contribution in [0.15, 0.2) is 10.5 Å². The van der Waals surface area contributed by atoms with E-state index < -0.39 is 24.7 Å². The number of piperazine rings is 1. The number of alkyl halides is 3. The Bertz CT molecular complexity index is 543. The summed E-state index contributed by atoms with van der Waals surface area (Å²) in [6, 6.07) is -0.128. The second-order valence-corrected chi connectivity index (χ2v) is 5.62. The third-order valence-corrected chi connectivity index (χ3v) is 3.99. The summed E-state index contributed by atoms with van der Waals surface area (Å²) in [5.74, 6) is 0.113. The molecule has 1 aliphatic rings. The molecule has 0 saturated carbocycles. The van der Waals surface area contributed by atoms with Crippen molar-refractivity contribution in [3.8, 4) is 0 Å². The maximum absolute atomic E-state index is 13.2. The summed E-state index contributed by atoms with van der Waals surface area (Å²) in [5.41, 5.74) is 0.826. The number of carbonyl (C=O) groups is 1. The Morgan fingerprint density at radius 2 is 2.04 bits per heavy atom. The normalized spacial score (nSPS) is 17.2. The molecular formula is C15H23ClF3N3O2. The maximum Gasteiger partial charge on any atom is 0.405 e. The molecule has 138 valence electrons. The van der Waals surface area contributed by atoms with Gasteiger partial charge in [0.15, 0.2) is 5.76 Å². The fourth-order valence-corrected chi connectivity index (χ4v) is 2.70. The van der Waals surface area contributed by atoms with Crippen LogP contribution in [0.2, 0.25) is 0 Å². The van der Waals surface area contributed by atoms with Gasteiger partial charge in [0.05, 0.1) is 0 Å². The number of amides is 1. The number of hydrogen-bond donors (Lipinski definition) is 2. The van der Waals surface area contributed by atoms with Crippen molar-refractivity contribution in [3.63, 3.8) is 0 Å². The fourth-order valence-electron chi connectivity index (χ4n) is 2.70. The van der Waals surface area contributed by atoms with Gasteiger partial charge in [0.25, 0.3) is 5.91 Å². The highest BCUT2D eigenvalue weighted by atomic mass is 35.5. The highest BCUT2D eigenvalue weighted by Gasteiger charge is 2.43. The molecule has 1 amide bonds. The van der Waals surface area contributed by atoms with Gasteiger partial charge in [-0.2, -0.15) is 13.2 Å². The monoisotopic (exact) mass is 369 g/mol. The zero-order valence-corrected chi connectivity index (χ0v) is 14.5. The second kappa shape index (κ2) is 8.73. The third-order valence-electron chi connectivity index (χ3n) is 3.99. The molecule has 1 fully saturated rings. The molecule has 1 unspecified atom stereocenters. The van der Waals surface area contributed by atoms with Crippen LogP contribution in [0.5, 0.6) is 0 Å². The van der Waals surface area contributed by atoms with E-state index in [-0.39, 0.29) is 18.2 Å². The number of furan rings is 1. The molecule has 2 rings (SSSR count). The summed E-state index contributed by atoms with van der Waals surface area (Å²) < 4.78 is 45.1. The van der Waals surface area contributed by atoms with E-state index in [2.05, 4.69) is 10.6 Å². The Morgan fingerprint density at radius 3 is 2.54 bits per heavy atom. The fraction of sp³-hybridized carbons (Fsp3) is 0.667. The predicted molar refractivity (Wildman–Crippen MR) is 86.7 cm³/mol. The molecule has 0 aromatic carbocycles. The maximum atomic E-state index is 13.2. The first-order valence-electron chi connectivity index (χ1n) is 7.72. The molecule has 1 saturated heterocycles. The Hall–Kier alpha value is -1.25. The van der Waals surface area contributed by atoms with Crippen molar-refractivity contribution in [3.05, 3.63) is 23.2 Å². The number of rotatable bonds is 5. The molecule has 0 radical (unpaired) electrons. The largest absolute Gasteiger partial charge is 0.456 e. The van der Waals surface area contributed by atoms with Gasteiger partial charge in [-0.15, -0.1) is 12.4 Å². The van der Waals surface area contributed by atoms with Crippen molar-refractivity contribution < 1.29 is 22.4 Å². The molecule has 1 atom stereocenters. The lowest BCUT2D eigenvalue weighted by molar-refractivity contribution is -0.183. The lowest BCUT2D eigenvalue weighted by Crippen LogP contribution is -2.57. The molecule has 9 heteroatoms. The van der Waals surface area contributed by atoms with E-state index in [1.807, 2.05) is 6.92 Å². The van der Waals surface area contributed by atoms with Gasteiger partial charge in [0.2, 0.25) is 0 Å². The SMILES string of the molecule is CCc1oc(C(=O)NCC(N2CCNCC2)C(F)(F)F)cc1C.Cl. The van der Waals surface area contributed by atoms with Gasteiger partial charge in [-0.05, 0) is 18.6 Å². The van der Waals surface area contributed by atoms with Crippen LogP contribution in [0.3, 0.4) is 0 Å². The van der Waals surface area contributed by atoms with Gasteiger partial charge >= 0.3 is 6.18 Å². The number of aryl methyl sites for hydroxylation is 2. The minimum absolute atomic E-state index is 0. The smallest absolute Gasteiger partial charge is 0.405 e. The average Bonchev–Trinajstić information content (AvgIpc) is 2.88. The molecule has 1 aromatic rings. The minimum atomic E-state index is -4.39. The zero-order chi connectivity index (χ0) is 17.0. The number of halogens is 4. The van der Waals surface area contributed by atoms with Crippen molar-refractivity contribution in [2.24, 2.45) is 0 Å². The Labute approximate surface area is 145 Å². The summed E-state index contributed by atoms with van der Waals surface area (Å²) in [6.07, 6.45) is -3.76. The summed E-state index contributed by atoms with van der Waals surface area (Å²) in [6.45, 7) is 4.84. The molecule has 2 heterocycles. The summed E-state index contributed by atoms with van der Waals surface area (Å²) in [4.78, 5) is 13.4. The lowest BCUT2D eigenvalue weighted by Gasteiger charge is -2.35. The Morgan fingerprint density at radius 1 is 1.42 bits per heavy atom. The molecule has 1 aliphatic heterocycles. The second-order valence-electron chi connectivity index (χ2n) is 5.62. The number of nitrogens with one attached hydrogen (secondary N) is 2. The molecule has 24 heavy (non-hydrogen) atoms. The Kier molecular flexibility index (Phi) is 7.56. The first-order chi connectivity index (χ1) is 10.8. The van der Waals surface area contributed by atoms with E-state index in [1.165, 1.54) is 4.90 Å². The van der Waals surface area contributed by atoms with Crippen molar-refractivity contribution in [1.82, 2.24) is 15.5 Å². The lowest BCUT2D eigenvalue weighted by atomic mass is 10.2. The van der Waals surface area contributed by atoms with E-state index in [1.54, 1.807) is 13.0 Å². The van der Waals surface area contributed by atoms with Crippen LogP contribution in [0.4, 0.5) is 13.2 Å². The molecule has 0 aliphatic carbocycles. The summed E-state index contributed by atoms with van der Waals surface area (Å²) >= 11 is 0. The van der Waals surface area contributed by atoms with E-state index in [0.717, 1.165) is 5.56 Å². The number of hydrogen-bond acceptors (Lipinski definition) is 4. The van der Waals surface area contributed by atoms with Gasteiger partial charge in [-0.1, -0.05) is 6.92 Å². The van der Waals surface area contributed by atoms with Crippen molar-refractivity contribution in [1.29, 1.82) is 0 Å². The highest BCUT2D eigenvalue weighted by Crippen LogP contribution is 2.25. The Balaban J connectivity index is 0.00000288. The van der Waals surface area contributed by atoms with E-state index in [0.29, 0.717) is 38.4 Å². The molecule has 0 bridgehead atoms.